The number of aromatic hydroxyl groups is 1. The Kier molecular flexibility index (Phi) is 4.76. The van der Waals surface area contributed by atoms with Crippen LogP contribution in [-0.4, -0.2) is 47.1 Å². The number of H-pyrrole nitrogens is 2. The largest absolute Gasteiger partial charge is 0.573 e. The zero-order valence-electron chi connectivity index (χ0n) is 16.5. The van der Waals surface area contributed by atoms with E-state index in [1.165, 1.54) is 28.9 Å². The van der Waals surface area contributed by atoms with Gasteiger partial charge in [0.25, 0.3) is 5.62 Å². The summed E-state index contributed by atoms with van der Waals surface area (Å²) in [6.45, 7) is 0. The first-order chi connectivity index (χ1) is 15.7. The van der Waals surface area contributed by atoms with Gasteiger partial charge in [-0.05, 0) is 43.2 Å². The van der Waals surface area contributed by atoms with Gasteiger partial charge in [0.15, 0.2) is 5.65 Å². The van der Waals surface area contributed by atoms with Crippen molar-refractivity contribution < 1.29 is 27.8 Å². The molecule has 1 aliphatic rings. The van der Waals surface area contributed by atoms with Crippen molar-refractivity contribution in [2.75, 3.05) is 0 Å². The van der Waals surface area contributed by atoms with Gasteiger partial charge in [0, 0.05) is 5.22 Å². The van der Waals surface area contributed by atoms with Crippen molar-refractivity contribution in [3.63, 3.8) is 0 Å². The van der Waals surface area contributed by atoms with Gasteiger partial charge in [-0.3, -0.25) is 4.98 Å². The van der Waals surface area contributed by atoms with Gasteiger partial charge in [-0.1, -0.05) is 0 Å². The summed E-state index contributed by atoms with van der Waals surface area (Å²) in [6, 6.07) is 4.72. The second kappa shape index (κ2) is 7.65. The number of imidazole rings is 1. The van der Waals surface area contributed by atoms with E-state index in [-0.39, 0.29) is 40.6 Å². The molecule has 0 radical (unpaired) electrons. The van der Waals surface area contributed by atoms with Crippen LogP contribution in [0.15, 0.2) is 40.2 Å². The second-order valence-electron chi connectivity index (χ2n) is 7.11. The smallest absolute Gasteiger partial charge is 0.493 e. The van der Waals surface area contributed by atoms with Gasteiger partial charge >= 0.3 is 18.1 Å². The maximum atomic E-state index is 12.3. The first kappa shape index (κ1) is 20.5. The number of rotatable bonds is 5. The molecule has 0 saturated heterocycles. The number of fused-ring (bicyclic) bond motifs is 1. The molecule has 3 heterocycles. The number of aromatic nitrogens is 6. The summed E-state index contributed by atoms with van der Waals surface area (Å²) >= 11 is 0. The molecule has 1 aromatic carbocycles. The van der Waals surface area contributed by atoms with Crippen molar-refractivity contribution in [3.8, 4) is 23.4 Å². The van der Waals surface area contributed by atoms with E-state index in [0.29, 0.717) is 5.22 Å². The lowest BCUT2D eigenvalue weighted by atomic mass is 10.3. The summed E-state index contributed by atoms with van der Waals surface area (Å²) in [5.41, 5.74) is 0.0343. The fourth-order valence-corrected chi connectivity index (χ4v) is 2.92. The number of aromatic amines is 2. The number of benzene rings is 1. The molecule has 1 saturated carbocycles. The highest BCUT2D eigenvalue weighted by Crippen LogP contribution is 2.26. The number of nitrogens with one attached hydrogen (secondary N) is 2. The molecule has 4 aromatic rings. The molecule has 1 aliphatic carbocycles. The molecule has 0 unspecified atom stereocenters. The third-order valence-electron chi connectivity index (χ3n) is 4.50. The first-order valence-electron chi connectivity index (χ1n) is 9.60. The summed E-state index contributed by atoms with van der Waals surface area (Å²) < 4.78 is 47.9. The highest BCUT2D eigenvalue weighted by molar-refractivity contribution is 5.56. The van der Waals surface area contributed by atoms with E-state index in [9.17, 15) is 23.1 Å². The maximum absolute atomic E-state index is 12.3. The van der Waals surface area contributed by atoms with Crippen LogP contribution in [0.2, 0.25) is 0 Å². The Morgan fingerprint density at radius 2 is 1.88 bits per heavy atom. The molecule has 33 heavy (non-hydrogen) atoms. The molecule has 0 spiro atoms. The normalized spacial score (nSPS) is 15.4. The van der Waals surface area contributed by atoms with Gasteiger partial charge in [-0.25, -0.2) is 9.79 Å². The first-order valence-corrected chi connectivity index (χ1v) is 9.60. The fraction of sp³-hybridized carbons (Fsp3) is 0.211. The average molecular weight is 461 g/mol. The van der Waals surface area contributed by atoms with Gasteiger partial charge in [0.1, 0.15) is 17.2 Å². The quantitative estimate of drug-likeness (QED) is 0.405. The molecule has 170 valence electrons. The molecule has 14 heteroatoms. The van der Waals surface area contributed by atoms with Crippen molar-refractivity contribution in [1.82, 2.24) is 29.5 Å². The van der Waals surface area contributed by atoms with Gasteiger partial charge in [-0.2, -0.15) is 19.6 Å². The van der Waals surface area contributed by atoms with E-state index in [1.54, 1.807) is 0 Å². The maximum Gasteiger partial charge on any atom is 0.573 e. The number of halogens is 3. The minimum Gasteiger partial charge on any atom is -0.493 e. The molecular formula is C19H14F3N7O4. The lowest BCUT2D eigenvalue weighted by molar-refractivity contribution is -0.274. The lowest BCUT2D eigenvalue weighted by Crippen LogP contribution is -2.23. The monoisotopic (exact) mass is 461 g/mol. The topological polar surface area (TPSA) is 143 Å². The zero-order valence-corrected chi connectivity index (χ0v) is 16.5. The van der Waals surface area contributed by atoms with Crippen molar-refractivity contribution >= 4 is 11.7 Å². The van der Waals surface area contributed by atoms with Crippen LogP contribution in [0.3, 0.4) is 0 Å². The van der Waals surface area contributed by atoms with Crippen LogP contribution in [0.5, 0.6) is 23.4 Å². The van der Waals surface area contributed by atoms with Crippen molar-refractivity contribution in [2.24, 2.45) is 4.99 Å². The van der Waals surface area contributed by atoms with E-state index in [0.717, 1.165) is 25.0 Å². The van der Waals surface area contributed by atoms with E-state index in [1.807, 2.05) is 0 Å². The predicted octanol–water partition coefficient (Wildman–Crippen LogP) is 1.15. The Morgan fingerprint density at radius 3 is 2.52 bits per heavy atom. The Balaban J connectivity index is 1.55. The molecule has 3 aromatic heterocycles. The highest BCUT2D eigenvalue weighted by Gasteiger charge is 2.31. The number of ether oxygens (including phenoxy) is 2. The summed E-state index contributed by atoms with van der Waals surface area (Å²) in [4.78, 5) is 29.1. The SMILES string of the molecule is O=c1[nH]c(O)c(/C=c2/cnn3c(=NC4CC4)nc(Oc4ccc(OC(F)(F)F)cc4)nc23)[nH]1. The van der Waals surface area contributed by atoms with Crippen molar-refractivity contribution in [3.05, 3.63) is 57.5 Å². The fourth-order valence-electron chi connectivity index (χ4n) is 2.92. The Bertz CT molecular complexity index is 1500. The van der Waals surface area contributed by atoms with Crippen LogP contribution in [0.1, 0.15) is 18.5 Å². The van der Waals surface area contributed by atoms with Crippen LogP contribution < -0.4 is 26.0 Å². The molecule has 1 fully saturated rings. The minimum atomic E-state index is -4.80. The van der Waals surface area contributed by atoms with Gasteiger partial charge in [-0.15, -0.1) is 13.2 Å². The van der Waals surface area contributed by atoms with Crippen LogP contribution in [0.4, 0.5) is 13.2 Å². The zero-order chi connectivity index (χ0) is 23.2. The molecule has 0 atom stereocenters. The molecule has 5 rings (SSSR count). The second-order valence-corrected chi connectivity index (χ2v) is 7.11. The number of hydrogen-bond acceptors (Lipinski definition) is 8. The highest BCUT2D eigenvalue weighted by atomic mass is 19.4. The van der Waals surface area contributed by atoms with Crippen LogP contribution in [-0.2, 0) is 0 Å². The van der Waals surface area contributed by atoms with Crippen LogP contribution in [0.25, 0.3) is 11.7 Å². The third-order valence-corrected chi connectivity index (χ3v) is 4.50. The summed E-state index contributed by atoms with van der Waals surface area (Å²) in [5, 5.41) is 14.5. The Hall–Kier alpha value is -4.36. The lowest BCUT2D eigenvalue weighted by Gasteiger charge is -2.09. The summed E-state index contributed by atoms with van der Waals surface area (Å²) in [6.07, 6.45) is -0.0881. The Labute approximate surface area is 180 Å². The van der Waals surface area contributed by atoms with E-state index >= 15 is 0 Å². The van der Waals surface area contributed by atoms with Crippen molar-refractivity contribution in [1.29, 1.82) is 0 Å². The van der Waals surface area contributed by atoms with Crippen molar-refractivity contribution in [2.45, 2.75) is 25.2 Å². The molecule has 3 N–H and O–H groups in total. The van der Waals surface area contributed by atoms with Gasteiger partial charge in [0.2, 0.25) is 5.88 Å². The molecule has 11 nitrogen and oxygen atoms in total. The van der Waals surface area contributed by atoms with Crippen LogP contribution in [0, 0.1) is 0 Å². The number of alkyl halides is 3. The number of nitrogens with zero attached hydrogens (tertiary/aromatic N) is 5. The van der Waals surface area contributed by atoms with Gasteiger partial charge < -0.3 is 19.6 Å². The van der Waals surface area contributed by atoms with Crippen LogP contribution >= 0.6 is 0 Å². The molecule has 0 bridgehead atoms. The molecule has 0 amide bonds. The molecule has 0 aliphatic heterocycles. The standard InChI is InChI=1S/C19H14F3N7O4/c20-19(21,22)33-12-5-3-11(4-6-12)32-18-26-14-9(7-13-15(30)27-17(31)25-13)8-23-29(14)16(28-18)24-10-1-2-10/h3-8,10,30H,1-2H2,(H2,25,27,31)/b9-7-,24-16?. The average Bonchev–Trinajstić information content (AvgIpc) is 3.37. The van der Waals surface area contributed by atoms with Gasteiger partial charge in [0.05, 0.1) is 12.2 Å². The minimum absolute atomic E-state index is 0.0939. The summed E-state index contributed by atoms with van der Waals surface area (Å²) in [5.74, 6) is -0.582. The summed E-state index contributed by atoms with van der Waals surface area (Å²) in [7, 11) is 0. The van der Waals surface area contributed by atoms with E-state index in [4.69, 9.17) is 4.74 Å². The van der Waals surface area contributed by atoms with E-state index in [2.05, 4.69) is 34.8 Å². The number of hydrogen-bond donors (Lipinski definition) is 3. The van der Waals surface area contributed by atoms with E-state index < -0.39 is 17.8 Å². The molecular weight excluding hydrogens is 447 g/mol. The third kappa shape index (κ3) is 4.63. The predicted molar refractivity (Wildman–Crippen MR) is 104 cm³/mol. The Morgan fingerprint density at radius 1 is 1.15 bits per heavy atom.